The number of rotatable bonds is 9. The average Bonchev–Trinajstić information content (AvgIpc) is 3.40. The summed E-state index contributed by atoms with van der Waals surface area (Å²) in [6.45, 7) is 3.09. The number of fused-ring (bicyclic) bond motifs is 1. The van der Waals surface area contributed by atoms with Gasteiger partial charge in [0.2, 0.25) is 15.9 Å². The van der Waals surface area contributed by atoms with Crippen molar-refractivity contribution in [2.24, 2.45) is 5.73 Å². The fraction of sp³-hybridized carbons (Fsp3) is 0.531. The standard InChI is InChI=1S/C32H38ClF3N6O5S/c1-20-19-41(13-14-42(20)31(44)32(34,35)36)28-17-26-21(18-38)15-22(33)16-27(26)30(28)47-24-4-6-25(7-5-24)48(45,46)39-23-8-11-40(12-9-23)29(43)3-2-10-37/h4-7,15-16,20,23,28,30,39H,2-3,8-14,17,19,37H2,1H3/t20-,28+,30+/m1/s1. The largest absolute Gasteiger partial charge is 0.484 e. The predicted molar refractivity (Wildman–Crippen MR) is 170 cm³/mol. The van der Waals surface area contributed by atoms with E-state index in [1.54, 1.807) is 24.0 Å². The summed E-state index contributed by atoms with van der Waals surface area (Å²) in [6.07, 6.45) is -3.32. The summed E-state index contributed by atoms with van der Waals surface area (Å²) in [5.41, 5.74) is 7.24. The molecule has 2 amide bonds. The van der Waals surface area contributed by atoms with Crippen LogP contribution < -0.4 is 15.2 Å². The van der Waals surface area contributed by atoms with E-state index in [9.17, 15) is 36.4 Å². The number of hydrogen-bond acceptors (Lipinski definition) is 8. The molecule has 0 unspecified atom stereocenters. The molecule has 2 aliphatic heterocycles. The van der Waals surface area contributed by atoms with Gasteiger partial charge in [-0.15, -0.1) is 0 Å². The number of nitrogens with zero attached hydrogens (tertiary/aromatic N) is 4. The third-order valence-corrected chi connectivity index (χ3v) is 11.0. The molecule has 2 heterocycles. The molecule has 0 aromatic heterocycles. The van der Waals surface area contributed by atoms with Crippen molar-refractivity contribution in [2.45, 2.75) is 74.3 Å². The number of hydrogen-bond donors (Lipinski definition) is 2. The van der Waals surface area contributed by atoms with E-state index in [1.807, 2.05) is 4.90 Å². The Bertz CT molecular complexity index is 1660. The Balaban J connectivity index is 1.29. The van der Waals surface area contributed by atoms with E-state index in [0.717, 1.165) is 4.90 Å². The van der Waals surface area contributed by atoms with Crippen molar-refractivity contribution in [1.82, 2.24) is 19.4 Å². The zero-order chi connectivity index (χ0) is 34.8. The molecule has 0 spiro atoms. The number of halogens is 4. The highest BCUT2D eigenvalue weighted by Gasteiger charge is 2.47. The molecule has 3 atom stereocenters. The van der Waals surface area contributed by atoms with Crippen LogP contribution in [0.3, 0.4) is 0 Å². The van der Waals surface area contributed by atoms with Crippen molar-refractivity contribution in [3.05, 3.63) is 58.1 Å². The SMILES string of the molecule is C[C@@H]1CN([C@H]2Cc3c(C#N)cc(Cl)cc3[C@@H]2Oc2ccc(S(=O)(=O)NC3CCN(C(=O)CCCN)CC3)cc2)CCN1C(=O)C(F)(F)F. The van der Waals surface area contributed by atoms with E-state index >= 15 is 0 Å². The molecule has 11 nitrogen and oxygen atoms in total. The highest BCUT2D eigenvalue weighted by atomic mass is 35.5. The zero-order valence-corrected chi connectivity index (χ0v) is 28.0. The molecule has 0 bridgehead atoms. The van der Waals surface area contributed by atoms with Crippen LogP contribution in [0.5, 0.6) is 5.75 Å². The minimum absolute atomic E-state index is 0.0175. The number of alkyl halides is 3. The number of amides is 2. The van der Waals surface area contributed by atoms with Crippen LogP contribution >= 0.6 is 11.6 Å². The summed E-state index contributed by atoms with van der Waals surface area (Å²) in [4.78, 5) is 28.8. The highest BCUT2D eigenvalue weighted by Crippen LogP contribution is 2.42. The first-order valence-corrected chi connectivity index (χ1v) is 17.7. The topological polar surface area (TPSA) is 149 Å². The van der Waals surface area contributed by atoms with Crippen molar-refractivity contribution >= 4 is 33.4 Å². The summed E-state index contributed by atoms with van der Waals surface area (Å²) in [7, 11) is -3.88. The van der Waals surface area contributed by atoms with Crippen LogP contribution in [0.25, 0.3) is 0 Å². The van der Waals surface area contributed by atoms with Gasteiger partial charge in [0.1, 0.15) is 11.9 Å². The van der Waals surface area contributed by atoms with Crippen LogP contribution in [0.4, 0.5) is 13.2 Å². The highest BCUT2D eigenvalue weighted by molar-refractivity contribution is 7.89. The van der Waals surface area contributed by atoms with E-state index in [2.05, 4.69) is 10.8 Å². The maximum atomic E-state index is 13.2. The van der Waals surface area contributed by atoms with Crippen LogP contribution in [0.2, 0.25) is 5.02 Å². The lowest BCUT2D eigenvalue weighted by Gasteiger charge is -2.43. The number of nitrogens with two attached hydrogens (primary N) is 1. The molecule has 260 valence electrons. The van der Waals surface area contributed by atoms with Crippen LogP contribution in [-0.2, 0) is 26.0 Å². The first-order valence-electron chi connectivity index (χ1n) is 15.8. The Morgan fingerprint density at radius 2 is 1.81 bits per heavy atom. The molecule has 0 saturated carbocycles. The van der Waals surface area contributed by atoms with E-state index in [-0.39, 0.29) is 36.5 Å². The molecule has 3 N–H and O–H groups in total. The van der Waals surface area contributed by atoms with Gasteiger partial charge in [-0.1, -0.05) is 11.6 Å². The van der Waals surface area contributed by atoms with Gasteiger partial charge in [0.15, 0.2) is 0 Å². The number of nitriles is 1. The molecule has 3 aliphatic rings. The number of piperazine rings is 1. The van der Waals surface area contributed by atoms with Crippen LogP contribution in [0.15, 0.2) is 41.3 Å². The number of benzene rings is 2. The lowest BCUT2D eigenvalue weighted by Crippen LogP contribution is -2.59. The second kappa shape index (κ2) is 14.6. The lowest BCUT2D eigenvalue weighted by molar-refractivity contribution is -0.190. The van der Waals surface area contributed by atoms with Gasteiger partial charge in [0, 0.05) is 56.3 Å². The maximum absolute atomic E-state index is 13.2. The molecule has 2 aromatic carbocycles. The number of carbonyl (C=O) groups excluding carboxylic acids is 2. The van der Waals surface area contributed by atoms with E-state index in [1.165, 1.54) is 24.3 Å². The molecular weight excluding hydrogens is 673 g/mol. The zero-order valence-electron chi connectivity index (χ0n) is 26.4. The fourth-order valence-corrected chi connectivity index (χ4v) is 8.30. The molecule has 16 heteroatoms. The first kappa shape index (κ1) is 35.9. The van der Waals surface area contributed by atoms with Gasteiger partial charge < -0.3 is 20.3 Å². The van der Waals surface area contributed by atoms with Crippen LogP contribution in [0, 0.1) is 11.3 Å². The van der Waals surface area contributed by atoms with Gasteiger partial charge in [-0.05, 0) is 86.7 Å². The Morgan fingerprint density at radius 3 is 2.42 bits per heavy atom. The number of piperidine rings is 1. The number of carbonyl (C=O) groups is 2. The normalized spacial score (nSPS) is 22.3. The molecule has 2 aromatic rings. The quantitative estimate of drug-likeness (QED) is 0.403. The summed E-state index contributed by atoms with van der Waals surface area (Å²) in [6, 6.07) is 9.89. The predicted octanol–water partition coefficient (Wildman–Crippen LogP) is 3.36. The van der Waals surface area contributed by atoms with Gasteiger partial charge in [-0.3, -0.25) is 14.5 Å². The van der Waals surface area contributed by atoms with E-state index in [4.69, 9.17) is 22.1 Å². The van der Waals surface area contributed by atoms with Crippen molar-refractivity contribution in [1.29, 1.82) is 5.26 Å². The average molecular weight is 711 g/mol. The van der Waals surface area contributed by atoms with E-state index < -0.39 is 40.3 Å². The van der Waals surface area contributed by atoms with Crippen molar-refractivity contribution in [3.8, 4) is 11.8 Å². The van der Waals surface area contributed by atoms with Crippen molar-refractivity contribution in [2.75, 3.05) is 39.3 Å². The summed E-state index contributed by atoms with van der Waals surface area (Å²) < 4.78 is 75.1. The summed E-state index contributed by atoms with van der Waals surface area (Å²) in [5.74, 6) is -1.51. The Kier molecular flexibility index (Phi) is 10.9. The second-order valence-electron chi connectivity index (χ2n) is 12.4. The first-order chi connectivity index (χ1) is 22.7. The third-order valence-electron chi connectivity index (χ3n) is 9.23. The van der Waals surface area contributed by atoms with Crippen molar-refractivity contribution in [3.63, 3.8) is 0 Å². The molecular formula is C32H38ClF3N6O5S. The summed E-state index contributed by atoms with van der Waals surface area (Å²) >= 11 is 6.35. The Labute approximate surface area is 282 Å². The van der Waals surface area contributed by atoms with Crippen LogP contribution in [-0.4, -0.2) is 98.5 Å². The molecule has 48 heavy (non-hydrogen) atoms. The van der Waals surface area contributed by atoms with Gasteiger partial charge in [-0.25, -0.2) is 13.1 Å². The number of sulfonamides is 1. The van der Waals surface area contributed by atoms with Crippen LogP contribution in [0.1, 0.15) is 55.4 Å². The minimum Gasteiger partial charge on any atom is -0.484 e. The molecule has 1 aliphatic carbocycles. The number of ether oxygens (including phenoxy) is 1. The van der Waals surface area contributed by atoms with Crippen molar-refractivity contribution < 1.29 is 35.9 Å². The van der Waals surface area contributed by atoms with Gasteiger partial charge >= 0.3 is 12.1 Å². The Morgan fingerprint density at radius 1 is 1.12 bits per heavy atom. The fourth-order valence-electron chi connectivity index (χ4n) is 6.77. The lowest BCUT2D eigenvalue weighted by atomic mass is 10.0. The minimum atomic E-state index is -4.97. The summed E-state index contributed by atoms with van der Waals surface area (Å²) in [5, 5.41) is 10.1. The van der Waals surface area contributed by atoms with Gasteiger partial charge in [-0.2, -0.15) is 18.4 Å². The molecule has 5 rings (SSSR count). The third kappa shape index (κ3) is 7.89. The second-order valence-corrected chi connectivity index (χ2v) is 14.6. The molecule has 2 fully saturated rings. The van der Waals surface area contributed by atoms with Gasteiger partial charge in [0.25, 0.3) is 0 Å². The Hall–Kier alpha value is -3.42. The number of likely N-dealkylation sites (tertiary alicyclic amines) is 1. The molecule has 2 saturated heterocycles. The van der Waals surface area contributed by atoms with Gasteiger partial charge in [0.05, 0.1) is 22.6 Å². The van der Waals surface area contributed by atoms with E-state index in [0.29, 0.717) is 79.2 Å². The number of nitrogens with one attached hydrogen (secondary N) is 1. The molecule has 0 radical (unpaired) electrons. The monoisotopic (exact) mass is 710 g/mol. The smallest absolute Gasteiger partial charge is 0.471 e. The maximum Gasteiger partial charge on any atom is 0.471 e.